The number of aromatic nitrogens is 1. The fourth-order valence-corrected chi connectivity index (χ4v) is 2.55. The first-order valence-corrected chi connectivity index (χ1v) is 7.72. The molecule has 1 amide bonds. The molecule has 0 bridgehead atoms. The number of benzene rings is 1. The molecule has 1 heterocycles. The van der Waals surface area contributed by atoms with Crippen molar-refractivity contribution >= 4 is 35.1 Å². The summed E-state index contributed by atoms with van der Waals surface area (Å²) < 4.78 is 0. The monoisotopic (exact) mass is 306 g/mol. The first-order valence-electron chi connectivity index (χ1n) is 6.19. The standard InChI is InChI=1S/C15H15ClN2OS/c1-11-3-2-4-14(17-11)18-15(19)10-20-9-12-5-7-13(16)8-6-12/h2-8H,9-10H2,1H3,(H,17,18,19). The van der Waals surface area contributed by atoms with Crippen molar-refractivity contribution in [1.29, 1.82) is 0 Å². The van der Waals surface area contributed by atoms with E-state index in [-0.39, 0.29) is 5.91 Å². The van der Waals surface area contributed by atoms with Crippen LogP contribution in [0.2, 0.25) is 5.02 Å². The molecule has 0 aliphatic rings. The van der Waals surface area contributed by atoms with E-state index in [1.54, 1.807) is 17.8 Å². The molecule has 0 radical (unpaired) electrons. The number of halogens is 1. The van der Waals surface area contributed by atoms with Gasteiger partial charge in [0.05, 0.1) is 5.75 Å². The summed E-state index contributed by atoms with van der Waals surface area (Å²) in [6, 6.07) is 13.2. The van der Waals surface area contributed by atoms with Gasteiger partial charge in [-0.25, -0.2) is 4.98 Å². The Hall–Kier alpha value is -1.52. The number of carbonyl (C=O) groups excluding carboxylic acids is 1. The molecule has 0 saturated carbocycles. The van der Waals surface area contributed by atoms with E-state index >= 15 is 0 Å². The molecule has 3 nitrogen and oxygen atoms in total. The highest BCUT2D eigenvalue weighted by Crippen LogP contribution is 2.15. The Kier molecular flexibility index (Phi) is 5.44. The molecule has 0 aliphatic heterocycles. The van der Waals surface area contributed by atoms with Crippen LogP contribution in [0.4, 0.5) is 5.82 Å². The van der Waals surface area contributed by atoms with E-state index in [4.69, 9.17) is 11.6 Å². The van der Waals surface area contributed by atoms with Crippen molar-refractivity contribution in [2.75, 3.05) is 11.1 Å². The summed E-state index contributed by atoms with van der Waals surface area (Å²) in [7, 11) is 0. The number of carbonyl (C=O) groups is 1. The lowest BCUT2D eigenvalue weighted by molar-refractivity contribution is -0.113. The van der Waals surface area contributed by atoms with Crippen molar-refractivity contribution in [2.24, 2.45) is 0 Å². The molecule has 5 heteroatoms. The molecule has 0 unspecified atom stereocenters. The summed E-state index contributed by atoms with van der Waals surface area (Å²) in [5.74, 6) is 1.74. The summed E-state index contributed by atoms with van der Waals surface area (Å²) in [6.45, 7) is 1.89. The number of anilines is 1. The fourth-order valence-electron chi connectivity index (χ4n) is 1.63. The van der Waals surface area contributed by atoms with Crippen LogP contribution in [-0.2, 0) is 10.5 Å². The highest BCUT2D eigenvalue weighted by atomic mass is 35.5. The van der Waals surface area contributed by atoms with Crippen LogP contribution in [-0.4, -0.2) is 16.6 Å². The number of nitrogens with zero attached hydrogens (tertiary/aromatic N) is 1. The van der Waals surface area contributed by atoms with Gasteiger partial charge in [0.1, 0.15) is 5.82 Å². The summed E-state index contributed by atoms with van der Waals surface area (Å²) in [5, 5.41) is 3.51. The van der Waals surface area contributed by atoms with E-state index in [9.17, 15) is 4.79 Å². The second-order valence-electron chi connectivity index (χ2n) is 4.33. The molecular formula is C15H15ClN2OS. The van der Waals surface area contributed by atoms with Crippen LogP contribution >= 0.6 is 23.4 Å². The minimum absolute atomic E-state index is 0.0398. The molecule has 0 spiro atoms. The summed E-state index contributed by atoms with van der Waals surface area (Å²) in [6.07, 6.45) is 0. The molecule has 1 aromatic carbocycles. The zero-order valence-corrected chi connectivity index (χ0v) is 12.7. The van der Waals surface area contributed by atoms with Gasteiger partial charge in [-0.15, -0.1) is 11.8 Å². The molecule has 0 fully saturated rings. The Labute approximate surface area is 127 Å². The minimum Gasteiger partial charge on any atom is -0.310 e. The second kappa shape index (κ2) is 7.31. The number of rotatable bonds is 5. The summed E-state index contributed by atoms with van der Waals surface area (Å²) >= 11 is 7.38. The Morgan fingerprint density at radius 3 is 2.70 bits per heavy atom. The number of hydrogen-bond acceptors (Lipinski definition) is 3. The van der Waals surface area contributed by atoms with Crippen LogP contribution in [0.1, 0.15) is 11.3 Å². The molecular weight excluding hydrogens is 292 g/mol. The quantitative estimate of drug-likeness (QED) is 0.910. The van der Waals surface area contributed by atoms with Crippen LogP contribution in [0.15, 0.2) is 42.5 Å². The highest BCUT2D eigenvalue weighted by molar-refractivity contribution is 7.99. The third-order valence-electron chi connectivity index (χ3n) is 2.57. The fraction of sp³-hybridized carbons (Fsp3) is 0.200. The van der Waals surface area contributed by atoms with E-state index in [1.807, 2.05) is 43.3 Å². The number of aryl methyl sites for hydroxylation is 1. The molecule has 104 valence electrons. The van der Waals surface area contributed by atoms with E-state index in [0.717, 1.165) is 22.0 Å². The van der Waals surface area contributed by atoms with Gasteiger partial charge >= 0.3 is 0 Å². The molecule has 0 atom stereocenters. The van der Waals surface area contributed by atoms with Gasteiger partial charge in [0.25, 0.3) is 0 Å². The number of hydrogen-bond donors (Lipinski definition) is 1. The molecule has 2 rings (SSSR count). The Balaban J connectivity index is 1.76. The SMILES string of the molecule is Cc1cccc(NC(=O)CSCc2ccc(Cl)cc2)n1. The van der Waals surface area contributed by atoms with Crippen molar-refractivity contribution in [2.45, 2.75) is 12.7 Å². The first-order chi connectivity index (χ1) is 9.63. The lowest BCUT2D eigenvalue weighted by atomic mass is 10.2. The number of nitrogens with one attached hydrogen (secondary N) is 1. The zero-order valence-electron chi connectivity index (χ0n) is 11.1. The van der Waals surface area contributed by atoms with Gasteiger partial charge in [-0.1, -0.05) is 29.8 Å². The Morgan fingerprint density at radius 1 is 1.25 bits per heavy atom. The van der Waals surface area contributed by atoms with E-state index in [1.165, 1.54) is 0 Å². The molecule has 2 aromatic rings. The second-order valence-corrected chi connectivity index (χ2v) is 5.75. The van der Waals surface area contributed by atoms with Gasteiger partial charge in [0, 0.05) is 16.5 Å². The van der Waals surface area contributed by atoms with E-state index in [0.29, 0.717) is 11.6 Å². The van der Waals surface area contributed by atoms with Crippen molar-refractivity contribution in [3.8, 4) is 0 Å². The lowest BCUT2D eigenvalue weighted by Crippen LogP contribution is -2.15. The average molecular weight is 307 g/mol. The molecule has 1 N–H and O–H groups in total. The third kappa shape index (κ3) is 4.87. The molecule has 0 aliphatic carbocycles. The predicted molar refractivity (Wildman–Crippen MR) is 85.2 cm³/mol. The van der Waals surface area contributed by atoms with Crippen LogP contribution in [0.5, 0.6) is 0 Å². The average Bonchev–Trinajstić information content (AvgIpc) is 2.41. The van der Waals surface area contributed by atoms with Crippen LogP contribution in [0.3, 0.4) is 0 Å². The van der Waals surface area contributed by atoms with Gasteiger partial charge < -0.3 is 5.32 Å². The summed E-state index contributed by atoms with van der Waals surface area (Å²) in [5.41, 5.74) is 2.04. The maximum atomic E-state index is 11.8. The van der Waals surface area contributed by atoms with Gasteiger partial charge in [0.2, 0.25) is 5.91 Å². The van der Waals surface area contributed by atoms with Crippen LogP contribution in [0, 0.1) is 6.92 Å². The minimum atomic E-state index is -0.0398. The van der Waals surface area contributed by atoms with E-state index in [2.05, 4.69) is 10.3 Å². The zero-order chi connectivity index (χ0) is 14.4. The van der Waals surface area contributed by atoms with Crippen molar-refractivity contribution in [3.63, 3.8) is 0 Å². The molecule has 0 saturated heterocycles. The van der Waals surface area contributed by atoms with Gasteiger partial charge in [-0.3, -0.25) is 4.79 Å². The smallest absolute Gasteiger partial charge is 0.235 e. The van der Waals surface area contributed by atoms with Crippen molar-refractivity contribution in [1.82, 2.24) is 4.98 Å². The highest BCUT2D eigenvalue weighted by Gasteiger charge is 2.04. The maximum Gasteiger partial charge on any atom is 0.235 e. The number of amides is 1. The van der Waals surface area contributed by atoms with Gasteiger partial charge in [-0.05, 0) is 36.8 Å². The number of thioether (sulfide) groups is 1. The summed E-state index contributed by atoms with van der Waals surface area (Å²) in [4.78, 5) is 16.0. The topological polar surface area (TPSA) is 42.0 Å². The normalized spacial score (nSPS) is 10.3. The first kappa shape index (κ1) is 14.9. The van der Waals surface area contributed by atoms with Gasteiger partial charge in [-0.2, -0.15) is 0 Å². The van der Waals surface area contributed by atoms with E-state index < -0.39 is 0 Å². The third-order valence-corrected chi connectivity index (χ3v) is 3.83. The largest absolute Gasteiger partial charge is 0.310 e. The van der Waals surface area contributed by atoms with Crippen molar-refractivity contribution in [3.05, 3.63) is 58.7 Å². The predicted octanol–water partition coefficient (Wildman–Crippen LogP) is 3.92. The molecule has 1 aromatic heterocycles. The van der Waals surface area contributed by atoms with Crippen LogP contribution < -0.4 is 5.32 Å². The molecule has 20 heavy (non-hydrogen) atoms. The Morgan fingerprint density at radius 2 is 2.00 bits per heavy atom. The lowest BCUT2D eigenvalue weighted by Gasteiger charge is -2.05. The maximum absolute atomic E-state index is 11.8. The van der Waals surface area contributed by atoms with Crippen LogP contribution in [0.25, 0.3) is 0 Å². The van der Waals surface area contributed by atoms with Crippen molar-refractivity contribution < 1.29 is 4.79 Å². The number of pyridine rings is 1. The Bertz CT molecular complexity index is 587. The van der Waals surface area contributed by atoms with Gasteiger partial charge in [0.15, 0.2) is 0 Å².